The van der Waals surface area contributed by atoms with Gasteiger partial charge in [-0.15, -0.1) is 0 Å². The number of amides is 2. The van der Waals surface area contributed by atoms with E-state index in [0.717, 1.165) is 19.6 Å². The number of hydrogen-bond acceptors (Lipinski definition) is 3. The molecule has 1 aliphatic rings. The molecule has 1 fully saturated rings. The number of likely N-dealkylation sites (N-methyl/N-ethyl adjacent to an activating group) is 1. The minimum Gasteiger partial charge on any atom is -0.481 e. The van der Waals surface area contributed by atoms with Gasteiger partial charge < -0.3 is 20.2 Å². The average Bonchev–Trinajstić information content (AvgIpc) is 2.28. The summed E-state index contributed by atoms with van der Waals surface area (Å²) >= 11 is 0. The molecule has 1 aliphatic heterocycles. The SMILES string of the molecule is CCN(CC)CCNC(=O)N1CC(CC(=O)O)C1. The number of carboxylic acid groups (broad SMARTS) is 1. The van der Waals surface area contributed by atoms with Crippen LogP contribution in [0.25, 0.3) is 0 Å². The van der Waals surface area contributed by atoms with Gasteiger partial charge in [-0.2, -0.15) is 0 Å². The molecule has 0 bridgehead atoms. The highest BCUT2D eigenvalue weighted by Gasteiger charge is 2.31. The molecular weight excluding hydrogens is 234 g/mol. The van der Waals surface area contributed by atoms with E-state index in [0.29, 0.717) is 19.6 Å². The Hall–Kier alpha value is -1.30. The molecular formula is C12H23N3O3. The predicted molar refractivity (Wildman–Crippen MR) is 68.5 cm³/mol. The lowest BCUT2D eigenvalue weighted by molar-refractivity contribution is -0.139. The molecule has 1 saturated heterocycles. The van der Waals surface area contributed by atoms with Crippen molar-refractivity contribution in [3.05, 3.63) is 0 Å². The maximum atomic E-state index is 11.7. The van der Waals surface area contributed by atoms with E-state index in [-0.39, 0.29) is 18.4 Å². The van der Waals surface area contributed by atoms with E-state index in [2.05, 4.69) is 24.1 Å². The van der Waals surface area contributed by atoms with E-state index in [1.54, 1.807) is 4.90 Å². The van der Waals surface area contributed by atoms with E-state index < -0.39 is 5.97 Å². The van der Waals surface area contributed by atoms with Crippen molar-refractivity contribution in [1.29, 1.82) is 0 Å². The van der Waals surface area contributed by atoms with Crippen LogP contribution in [-0.2, 0) is 4.79 Å². The second-order valence-electron chi connectivity index (χ2n) is 4.63. The van der Waals surface area contributed by atoms with Crippen molar-refractivity contribution in [2.24, 2.45) is 5.92 Å². The van der Waals surface area contributed by atoms with Gasteiger partial charge in [-0.1, -0.05) is 13.8 Å². The number of carboxylic acids is 1. The molecule has 0 aliphatic carbocycles. The zero-order chi connectivity index (χ0) is 13.5. The van der Waals surface area contributed by atoms with Crippen LogP contribution >= 0.6 is 0 Å². The van der Waals surface area contributed by atoms with Crippen molar-refractivity contribution >= 4 is 12.0 Å². The molecule has 0 aromatic heterocycles. The van der Waals surface area contributed by atoms with Gasteiger partial charge in [0, 0.05) is 32.1 Å². The number of likely N-dealkylation sites (tertiary alicyclic amines) is 1. The van der Waals surface area contributed by atoms with Crippen LogP contribution in [0.5, 0.6) is 0 Å². The highest BCUT2D eigenvalue weighted by Crippen LogP contribution is 2.18. The van der Waals surface area contributed by atoms with E-state index in [1.807, 2.05) is 0 Å². The third-order valence-corrected chi connectivity index (χ3v) is 3.31. The Balaban J connectivity index is 2.10. The van der Waals surface area contributed by atoms with Crippen LogP contribution in [0.4, 0.5) is 4.79 Å². The van der Waals surface area contributed by atoms with Gasteiger partial charge >= 0.3 is 12.0 Å². The monoisotopic (exact) mass is 257 g/mol. The number of nitrogens with zero attached hydrogens (tertiary/aromatic N) is 2. The summed E-state index contributed by atoms with van der Waals surface area (Å²) in [4.78, 5) is 26.0. The van der Waals surface area contributed by atoms with E-state index in [4.69, 9.17) is 5.11 Å². The number of carbonyl (C=O) groups is 2. The van der Waals surface area contributed by atoms with Crippen LogP contribution in [0, 0.1) is 5.92 Å². The number of rotatable bonds is 7. The van der Waals surface area contributed by atoms with Crippen LogP contribution in [0.1, 0.15) is 20.3 Å². The van der Waals surface area contributed by atoms with Gasteiger partial charge in [0.25, 0.3) is 0 Å². The molecule has 0 spiro atoms. The summed E-state index contributed by atoms with van der Waals surface area (Å²) in [5.41, 5.74) is 0. The molecule has 104 valence electrons. The summed E-state index contributed by atoms with van der Waals surface area (Å²) in [5, 5.41) is 11.5. The molecule has 1 heterocycles. The van der Waals surface area contributed by atoms with Crippen molar-refractivity contribution in [3.63, 3.8) is 0 Å². The first-order valence-electron chi connectivity index (χ1n) is 6.53. The van der Waals surface area contributed by atoms with E-state index in [1.165, 1.54) is 0 Å². The summed E-state index contributed by atoms with van der Waals surface area (Å²) in [7, 11) is 0. The predicted octanol–water partition coefficient (Wildman–Crippen LogP) is 0.444. The molecule has 6 nitrogen and oxygen atoms in total. The number of hydrogen-bond donors (Lipinski definition) is 2. The number of urea groups is 1. The van der Waals surface area contributed by atoms with Crippen LogP contribution in [0.2, 0.25) is 0 Å². The van der Waals surface area contributed by atoms with Gasteiger partial charge in [0.1, 0.15) is 0 Å². The number of carbonyl (C=O) groups excluding carboxylic acids is 1. The second kappa shape index (κ2) is 7.20. The van der Waals surface area contributed by atoms with Gasteiger partial charge in [-0.3, -0.25) is 4.79 Å². The molecule has 0 saturated carbocycles. The molecule has 0 radical (unpaired) electrons. The third kappa shape index (κ3) is 4.52. The lowest BCUT2D eigenvalue weighted by Crippen LogP contribution is -2.54. The minimum atomic E-state index is -0.790. The van der Waals surface area contributed by atoms with E-state index in [9.17, 15) is 9.59 Å². The second-order valence-corrected chi connectivity index (χ2v) is 4.63. The lowest BCUT2D eigenvalue weighted by atomic mass is 9.97. The molecule has 0 aromatic carbocycles. The zero-order valence-electron chi connectivity index (χ0n) is 11.2. The Morgan fingerprint density at radius 1 is 1.33 bits per heavy atom. The smallest absolute Gasteiger partial charge is 0.317 e. The molecule has 6 heteroatoms. The van der Waals surface area contributed by atoms with Crippen LogP contribution in [0.3, 0.4) is 0 Å². The topological polar surface area (TPSA) is 72.9 Å². The first-order valence-corrected chi connectivity index (χ1v) is 6.53. The Morgan fingerprint density at radius 3 is 2.44 bits per heavy atom. The van der Waals surface area contributed by atoms with E-state index >= 15 is 0 Å². The molecule has 1 rings (SSSR count). The van der Waals surface area contributed by atoms with Gasteiger partial charge in [-0.25, -0.2) is 4.79 Å². The largest absolute Gasteiger partial charge is 0.481 e. The number of nitrogens with one attached hydrogen (secondary N) is 1. The fraction of sp³-hybridized carbons (Fsp3) is 0.833. The first kappa shape index (κ1) is 14.8. The van der Waals surface area contributed by atoms with Gasteiger partial charge in [0.15, 0.2) is 0 Å². The zero-order valence-corrected chi connectivity index (χ0v) is 11.2. The minimum absolute atomic E-state index is 0.0798. The molecule has 0 unspecified atom stereocenters. The summed E-state index contributed by atoms with van der Waals surface area (Å²) in [6, 6.07) is -0.0798. The molecule has 2 N–H and O–H groups in total. The Labute approximate surface area is 108 Å². The third-order valence-electron chi connectivity index (χ3n) is 3.31. The Morgan fingerprint density at radius 2 is 1.94 bits per heavy atom. The molecule has 2 amide bonds. The van der Waals surface area contributed by atoms with Crippen molar-refractivity contribution in [1.82, 2.24) is 15.1 Å². The fourth-order valence-electron chi connectivity index (χ4n) is 2.08. The number of aliphatic carboxylic acids is 1. The molecule has 0 atom stereocenters. The van der Waals surface area contributed by atoms with Crippen LogP contribution in [-0.4, -0.2) is 66.2 Å². The van der Waals surface area contributed by atoms with Crippen molar-refractivity contribution in [2.75, 3.05) is 39.3 Å². The quantitative estimate of drug-likeness (QED) is 0.694. The average molecular weight is 257 g/mol. The normalized spacial score (nSPS) is 15.6. The summed E-state index contributed by atoms with van der Waals surface area (Å²) in [6.45, 7) is 8.76. The highest BCUT2D eigenvalue weighted by molar-refractivity contribution is 5.75. The first-order chi connectivity index (χ1) is 8.56. The van der Waals surface area contributed by atoms with Gasteiger partial charge in [0.05, 0.1) is 6.42 Å². The van der Waals surface area contributed by atoms with Gasteiger partial charge in [-0.05, 0) is 13.1 Å². The highest BCUT2D eigenvalue weighted by atomic mass is 16.4. The van der Waals surface area contributed by atoms with Crippen molar-refractivity contribution in [2.45, 2.75) is 20.3 Å². The maximum absolute atomic E-state index is 11.7. The lowest BCUT2D eigenvalue weighted by Gasteiger charge is -2.38. The summed E-state index contributed by atoms with van der Waals surface area (Å²) in [5.74, 6) is -0.669. The van der Waals surface area contributed by atoms with Crippen LogP contribution in [0.15, 0.2) is 0 Å². The molecule has 0 aromatic rings. The standard InChI is InChI=1S/C12H23N3O3/c1-3-14(4-2)6-5-13-12(18)15-8-10(9-15)7-11(16)17/h10H,3-9H2,1-2H3,(H,13,18)(H,16,17). The Kier molecular flexibility index (Phi) is 5.91. The van der Waals surface area contributed by atoms with Gasteiger partial charge in [0.2, 0.25) is 0 Å². The fourth-order valence-corrected chi connectivity index (χ4v) is 2.08. The van der Waals surface area contributed by atoms with Crippen molar-refractivity contribution in [3.8, 4) is 0 Å². The Bertz CT molecular complexity index is 286. The van der Waals surface area contributed by atoms with Crippen LogP contribution < -0.4 is 5.32 Å². The van der Waals surface area contributed by atoms with Crippen molar-refractivity contribution < 1.29 is 14.7 Å². The molecule has 18 heavy (non-hydrogen) atoms. The summed E-state index contributed by atoms with van der Waals surface area (Å²) < 4.78 is 0. The maximum Gasteiger partial charge on any atom is 0.317 e. The summed E-state index contributed by atoms with van der Waals surface area (Å²) in [6.07, 6.45) is 0.156.